The minimum Gasteiger partial charge on any atom is -0.459 e. The van der Waals surface area contributed by atoms with Crippen LogP contribution >= 0.6 is 0 Å². The van der Waals surface area contributed by atoms with Crippen LogP contribution in [0.3, 0.4) is 0 Å². The lowest BCUT2D eigenvalue weighted by atomic mass is 10.4. The van der Waals surface area contributed by atoms with E-state index in [1.165, 1.54) is 18.6 Å². The summed E-state index contributed by atoms with van der Waals surface area (Å²) in [6.07, 6.45) is 2.82. The number of amides is 1. The molecule has 98 valence electrons. The van der Waals surface area contributed by atoms with E-state index in [4.69, 9.17) is 18.5 Å². The smallest absolute Gasteiger partial charge is 0.293 e. The standard InChI is InChI=1S/C13H7N3O4/c14-7-8-12(16-11(17)9-3-1-5-18-9)20-13(15-8)10-4-2-6-19-10/h1-6H,(H,16,17). The first kappa shape index (κ1) is 11.8. The van der Waals surface area contributed by atoms with Gasteiger partial charge in [0.15, 0.2) is 11.5 Å². The quantitative estimate of drug-likeness (QED) is 0.783. The predicted molar refractivity (Wildman–Crippen MR) is 65.6 cm³/mol. The number of nitrogens with one attached hydrogen (secondary N) is 1. The second-order valence-corrected chi connectivity index (χ2v) is 3.72. The molecule has 0 spiro atoms. The number of rotatable bonds is 3. The minimum absolute atomic E-state index is 0.0451. The maximum atomic E-state index is 11.8. The van der Waals surface area contributed by atoms with E-state index in [-0.39, 0.29) is 23.2 Å². The number of anilines is 1. The molecular formula is C13H7N3O4. The summed E-state index contributed by atoms with van der Waals surface area (Å²) in [4.78, 5) is 15.8. The number of hydrogen-bond acceptors (Lipinski definition) is 6. The number of hydrogen-bond donors (Lipinski definition) is 1. The molecule has 0 aromatic carbocycles. The number of oxazole rings is 1. The van der Waals surface area contributed by atoms with Gasteiger partial charge in [0.1, 0.15) is 6.07 Å². The van der Waals surface area contributed by atoms with E-state index in [2.05, 4.69) is 10.3 Å². The Morgan fingerprint density at radius 1 is 1.25 bits per heavy atom. The molecule has 7 nitrogen and oxygen atoms in total. The zero-order valence-corrected chi connectivity index (χ0v) is 9.99. The van der Waals surface area contributed by atoms with E-state index in [0.717, 1.165) is 0 Å². The summed E-state index contributed by atoms with van der Waals surface area (Å²) >= 11 is 0. The Hall–Kier alpha value is -3.27. The Morgan fingerprint density at radius 3 is 2.70 bits per heavy atom. The molecule has 0 saturated carbocycles. The number of carbonyl (C=O) groups is 1. The summed E-state index contributed by atoms with van der Waals surface area (Å²) in [7, 11) is 0. The highest BCUT2D eigenvalue weighted by Gasteiger charge is 2.19. The van der Waals surface area contributed by atoms with Crippen LogP contribution in [0.15, 0.2) is 50.0 Å². The van der Waals surface area contributed by atoms with Gasteiger partial charge in [0.2, 0.25) is 11.6 Å². The monoisotopic (exact) mass is 269 g/mol. The van der Waals surface area contributed by atoms with Gasteiger partial charge in [-0.05, 0) is 24.3 Å². The fourth-order valence-corrected chi connectivity index (χ4v) is 1.56. The van der Waals surface area contributed by atoms with Gasteiger partial charge < -0.3 is 13.3 Å². The highest BCUT2D eigenvalue weighted by Crippen LogP contribution is 2.25. The average Bonchev–Trinajstić information content (AvgIpc) is 3.19. The van der Waals surface area contributed by atoms with Gasteiger partial charge in [0, 0.05) is 0 Å². The van der Waals surface area contributed by atoms with Crippen molar-refractivity contribution in [3.8, 4) is 17.7 Å². The molecule has 7 heteroatoms. The van der Waals surface area contributed by atoms with Crippen molar-refractivity contribution < 1.29 is 18.0 Å². The van der Waals surface area contributed by atoms with Crippen molar-refractivity contribution in [2.24, 2.45) is 0 Å². The normalized spacial score (nSPS) is 10.2. The van der Waals surface area contributed by atoms with Gasteiger partial charge in [-0.25, -0.2) is 0 Å². The van der Waals surface area contributed by atoms with Crippen molar-refractivity contribution in [2.75, 3.05) is 5.32 Å². The summed E-state index contributed by atoms with van der Waals surface area (Å²) in [5, 5.41) is 11.4. The third kappa shape index (κ3) is 2.06. The molecule has 3 aromatic heterocycles. The minimum atomic E-state index is -0.534. The van der Waals surface area contributed by atoms with Crippen molar-refractivity contribution in [1.29, 1.82) is 5.26 Å². The van der Waals surface area contributed by atoms with E-state index < -0.39 is 5.91 Å². The van der Waals surface area contributed by atoms with Gasteiger partial charge in [-0.2, -0.15) is 10.2 Å². The molecule has 0 atom stereocenters. The Labute approximate surface area is 112 Å². The second-order valence-electron chi connectivity index (χ2n) is 3.72. The molecule has 3 heterocycles. The number of carbonyl (C=O) groups excluding carboxylic acids is 1. The van der Waals surface area contributed by atoms with Crippen LogP contribution in [0.4, 0.5) is 5.88 Å². The largest absolute Gasteiger partial charge is 0.459 e. The van der Waals surface area contributed by atoms with Crippen molar-refractivity contribution >= 4 is 11.8 Å². The van der Waals surface area contributed by atoms with Gasteiger partial charge >= 0.3 is 0 Å². The predicted octanol–water partition coefficient (Wildman–Crippen LogP) is 2.65. The molecule has 3 aromatic rings. The fraction of sp³-hybridized carbons (Fsp3) is 0. The van der Waals surface area contributed by atoms with Crippen LogP contribution in [0, 0.1) is 11.3 Å². The van der Waals surface area contributed by atoms with Gasteiger partial charge in [-0.15, -0.1) is 0 Å². The van der Waals surface area contributed by atoms with E-state index in [9.17, 15) is 4.79 Å². The maximum Gasteiger partial charge on any atom is 0.293 e. The van der Waals surface area contributed by atoms with Crippen LogP contribution in [-0.4, -0.2) is 10.9 Å². The highest BCUT2D eigenvalue weighted by molar-refractivity contribution is 6.01. The third-order valence-electron chi connectivity index (χ3n) is 2.44. The van der Waals surface area contributed by atoms with Crippen molar-refractivity contribution in [3.63, 3.8) is 0 Å². The Balaban J connectivity index is 1.90. The zero-order chi connectivity index (χ0) is 13.9. The molecule has 0 saturated heterocycles. The van der Waals surface area contributed by atoms with Crippen molar-refractivity contribution in [1.82, 2.24) is 4.98 Å². The van der Waals surface area contributed by atoms with Crippen LogP contribution in [0.2, 0.25) is 0 Å². The SMILES string of the molecule is N#Cc1nc(-c2ccco2)oc1NC(=O)c1ccco1. The van der Waals surface area contributed by atoms with E-state index >= 15 is 0 Å². The average molecular weight is 269 g/mol. The number of nitrogens with zero attached hydrogens (tertiary/aromatic N) is 2. The molecule has 0 fully saturated rings. The van der Waals surface area contributed by atoms with Crippen molar-refractivity contribution in [2.45, 2.75) is 0 Å². The summed E-state index contributed by atoms with van der Waals surface area (Å²) in [5.41, 5.74) is -0.0451. The first-order valence-electron chi connectivity index (χ1n) is 5.57. The molecule has 1 amide bonds. The zero-order valence-electron chi connectivity index (χ0n) is 9.99. The van der Waals surface area contributed by atoms with Crippen molar-refractivity contribution in [3.05, 3.63) is 48.2 Å². The Kier molecular flexibility index (Phi) is 2.82. The molecule has 20 heavy (non-hydrogen) atoms. The lowest BCUT2D eigenvalue weighted by Gasteiger charge is -1.97. The van der Waals surface area contributed by atoms with Crippen LogP contribution in [0.25, 0.3) is 11.7 Å². The molecule has 1 N–H and O–H groups in total. The number of aromatic nitrogens is 1. The summed E-state index contributed by atoms with van der Waals surface area (Å²) in [6.45, 7) is 0. The van der Waals surface area contributed by atoms with Crippen LogP contribution < -0.4 is 5.32 Å². The van der Waals surface area contributed by atoms with Gasteiger partial charge in [-0.1, -0.05) is 0 Å². The number of nitriles is 1. The lowest BCUT2D eigenvalue weighted by Crippen LogP contribution is -2.11. The molecule has 3 rings (SSSR count). The first-order chi connectivity index (χ1) is 9.78. The molecule has 0 bridgehead atoms. The Morgan fingerprint density at radius 2 is 2.05 bits per heavy atom. The van der Waals surface area contributed by atoms with Gasteiger partial charge in [0.25, 0.3) is 11.8 Å². The van der Waals surface area contributed by atoms with E-state index in [1.807, 2.05) is 6.07 Å². The molecule has 0 aliphatic heterocycles. The Bertz CT molecular complexity index is 763. The second kappa shape index (κ2) is 4.78. The third-order valence-corrected chi connectivity index (χ3v) is 2.44. The van der Waals surface area contributed by atoms with Gasteiger partial charge in [0.05, 0.1) is 12.5 Å². The maximum absolute atomic E-state index is 11.8. The molecule has 0 radical (unpaired) electrons. The molecule has 0 aliphatic rings. The highest BCUT2D eigenvalue weighted by atomic mass is 16.4. The van der Waals surface area contributed by atoms with Gasteiger partial charge in [-0.3, -0.25) is 10.1 Å². The molecular weight excluding hydrogens is 262 g/mol. The summed E-state index contributed by atoms with van der Waals surface area (Å²) in [5.74, 6) is -0.0138. The first-order valence-corrected chi connectivity index (χ1v) is 5.57. The number of furan rings is 2. The summed E-state index contributed by atoms with van der Waals surface area (Å²) < 4.78 is 15.4. The fourth-order valence-electron chi connectivity index (χ4n) is 1.56. The lowest BCUT2D eigenvalue weighted by molar-refractivity contribution is 0.0994. The molecule has 0 aliphatic carbocycles. The molecule has 0 unspecified atom stereocenters. The van der Waals surface area contributed by atoms with E-state index in [0.29, 0.717) is 5.76 Å². The van der Waals surface area contributed by atoms with Crippen LogP contribution in [-0.2, 0) is 0 Å². The topological polar surface area (TPSA) is 105 Å². The summed E-state index contributed by atoms with van der Waals surface area (Å²) in [6, 6.07) is 8.20. The van der Waals surface area contributed by atoms with Crippen LogP contribution in [0.5, 0.6) is 0 Å². The van der Waals surface area contributed by atoms with Crippen LogP contribution in [0.1, 0.15) is 16.2 Å². The van der Waals surface area contributed by atoms with E-state index in [1.54, 1.807) is 18.2 Å².